The maximum atomic E-state index is 12.3. The number of nitrogens with zero attached hydrogens (tertiary/aromatic N) is 1. The lowest BCUT2D eigenvalue weighted by molar-refractivity contribution is -0.275. The first-order valence-electron chi connectivity index (χ1n) is 4.67. The fourth-order valence-electron chi connectivity index (χ4n) is 1.26. The Morgan fingerprint density at radius 1 is 1.33 bits per heavy atom. The topological polar surface area (TPSA) is 57.7 Å². The Bertz CT molecular complexity index is 459. The quantitative estimate of drug-likeness (QED) is 0.783. The van der Waals surface area contributed by atoms with Gasteiger partial charge in [-0.2, -0.15) is 0 Å². The van der Waals surface area contributed by atoms with Crippen molar-refractivity contribution < 1.29 is 32.2 Å². The summed E-state index contributed by atoms with van der Waals surface area (Å²) in [5, 5.41) is 0. The van der Waals surface area contributed by atoms with Gasteiger partial charge in [-0.1, -0.05) is 0 Å². The Hall–Kier alpha value is -1.99. The highest BCUT2D eigenvalue weighted by atomic mass is 19.4. The second kappa shape index (κ2) is 5.11. The molecule has 8 heteroatoms. The van der Waals surface area contributed by atoms with E-state index in [-0.39, 0.29) is 11.3 Å². The van der Waals surface area contributed by atoms with Gasteiger partial charge in [0.1, 0.15) is 5.75 Å². The van der Waals surface area contributed by atoms with Gasteiger partial charge in [-0.3, -0.25) is 0 Å². The van der Waals surface area contributed by atoms with Crippen LogP contribution >= 0.6 is 0 Å². The SMILES string of the molecule is COC(=O)c1ncc(OC)c(C)c1OC(F)(F)F. The van der Waals surface area contributed by atoms with E-state index in [4.69, 9.17) is 4.74 Å². The Kier molecular flexibility index (Phi) is 4.00. The van der Waals surface area contributed by atoms with Crippen LogP contribution in [0.25, 0.3) is 0 Å². The summed E-state index contributed by atoms with van der Waals surface area (Å²) in [5.41, 5.74) is -0.557. The van der Waals surface area contributed by atoms with Gasteiger partial charge in [0.2, 0.25) is 0 Å². The molecule has 1 heterocycles. The molecule has 0 fully saturated rings. The summed E-state index contributed by atoms with van der Waals surface area (Å²) in [6.07, 6.45) is -3.83. The fourth-order valence-corrected chi connectivity index (χ4v) is 1.26. The first-order chi connectivity index (χ1) is 8.30. The van der Waals surface area contributed by atoms with E-state index in [1.807, 2.05) is 0 Å². The van der Waals surface area contributed by atoms with Crippen molar-refractivity contribution in [1.82, 2.24) is 4.98 Å². The van der Waals surface area contributed by atoms with Crippen LogP contribution < -0.4 is 9.47 Å². The second-order valence-corrected chi connectivity index (χ2v) is 3.17. The number of carbonyl (C=O) groups excluding carboxylic acids is 1. The summed E-state index contributed by atoms with van der Waals surface area (Å²) >= 11 is 0. The minimum atomic E-state index is -4.94. The summed E-state index contributed by atoms with van der Waals surface area (Å²) < 4.78 is 49.7. The zero-order chi connectivity index (χ0) is 13.9. The van der Waals surface area contributed by atoms with E-state index in [1.54, 1.807) is 0 Å². The number of pyridine rings is 1. The molecule has 18 heavy (non-hydrogen) atoms. The number of hydrogen-bond acceptors (Lipinski definition) is 5. The highest BCUT2D eigenvalue weighted by Gasteiger charge is 2.35. The molecule has 100 valence electrons. The molecule has 0 saturated heterocycles. The van der Waals surface area contributed by atoms with Crippen LogP contribution in [-0.2, 0) is 4.74 Å². The van der Waals surface area contributed by atoms with Gasteiger partial charge in [-0.05, 0) is 6.92 Å². The summed E-state index contributed by atoms with van der Waals surface area (Å²) in [4.78, 5) is 14.8. The molecular formula is C10H10F3NO4. The van der Waals surface area contributed by atoms with E-state index in [9.17, 15) is 18.0 Å². The van der Waals surface area contributed by atoms with Crippen LogP contribution in [-0.4, -0.2) is 31.5 Å². The number of alkyl halides is 3. The fraction of sp³-hybridized carbons (Fsp3) is 0.400. The van der Waals surface area contributed by atoms with Crippen molar-refractivity contribution in [1.29, 1.82) is 0 Å². The van der Waals surface area contributed by atoms with Crippen LogP contribution in [0.2, 0.25) is 0 Å². The van der Waals surface area contributed by atoms with Gasteiger partial charge in [0.05, 0.1) is 20.4 Å². The maximum absolute atomic E-state index is 12.3. The highest BCUT2D eigenvalue weighted by Crippen LogP contribution is 2.33. The summed E-state index contributed by atoms with van der Waals surface area (Å²) in [6.45, 7) is 1.31. The van der Waals surface area contributed by atoms with Gasteiger partial charge in [0.15, 0.2) is 11.4 Å². The molecule has 0 bridgehead atoms. The number of methoxy groups -OCH3 is 2. The molecule has 0 spiro atoms. The van der Waals surface area contributed by atoms with Crippen molar-refractivity contribution >= 4 is 5.97 Å². The number of ether oxygens (including phenoxy) is 3. The van der Waals surface area contributed by atoms with Crippen LogP contribution in [0, 0.1) is 6.92 Å². The lowest BCUT2D eigenvalue weighted by atomic mass is 10.2. The van der Waals surface area contributed by atoms with Gasteiger partial charge < -0.3 is 14.2 Å². The van der Waals surface area contributed by atoms with E-state index < -0.39 is 23.8 Å². The van der Waals surface area contributed by atoms with Crippen molar-refractivity contribution in [3.05, 3.63) is 17.5 Å². The van der Waals surface area contributed by atoms with E-state index >= 15 is 0 Å². The molecule has 0 unspecified atom stereocenters. The number of carbonyl (C=O) groups is 1. The molecule has 0 atom stereocenters. The smallest absolute Gasteiger partial charge is 0.495 e. The molecule has 0 amide bonds. The summed E-state index contributed by atoms with van der Waals surface area (Å²) in [6, 6.07) is 0. The largest absolute Gasteiger partial charge is 0.573 e. The van der Waals surface area contributed by atoms with Crippen LogP contribution in [0.3, 0.4) is 0 Å². The number of esters is 1. The average Bonchev–Trinajstić information content (AvgIpc) is 2.29. The Morgan fingerprint density at radius 2 is 1.94 bits per heavy atom. The van der Waals surface area contributed by atoms with Crippen LogP contribution in [0.4, 0.5) is 13.2 Å². The maximum Gasteiger partial charge on any atom is 0.573 e. The van der Waals surface area contributed by atoms with Gasteiger partial charge in [-0.15, -0.1) is 13.2 Å². The third-order valence-corrected chi connectivity index (χ3v) is 2.05. The number of hydrogen-bond donors (Lipinski definition) is 0. The second-order valence-electron chi connectivity index (χ2n) is 3.17. The number of aromatic nitrogens is 1. The average molecular weight is 265 g/mol. The van der Waals surface area contributed by atoms with Crippen LogP contribution in [0.15, 0.2) is 6.20 Å². The van der Waals surface area contributed by atoms with Gasteiger partial charge in [0, 0.05) is 5.56 Å². The van der Waals surface area contributed by atoms with Crippen molar-refractivity contribution in [2.75, 3.05) is 14.2 Å². The summed E-state index contributed by atoms with van der Waals surface area (Å²) in [7, 11) is 2.29. The third-order valence-electron chi connectivity index (χ3n) is 2.05. The molecule has 0 aromatic carbocycles. The molecule has 0 saturated carbocycles. The minimum Gasteiger partial charge on any atom is -0.495 e. The molecule has 0 radical (unpaired) electrons. The highest BCUT2D eigenvalue weighted by molar-refractivity contribution is 5.91. The van der Waals surface area contributed by atoms with Crippen molar-refractivity contribution in [2.24, 2.45) is 0 Å². The van der Waals surface area contributed by atoms with E-state index in [0.29, 0.717) is 0 Å². The predicted molar refractivity (Wildman–Crippen MR) is 53.5 cm³/mol. The van der Waals surface area contributed by atoms with E-state index in [1.165, 1.54) is 14.0 Å². The molecule has 5 nitrogen and oxygen atoms in total. The lowest BCUT2D eigenvalue weighted by Gasteiger charge is -2.15. The van der Waals surface area contributed by atoms with Gasteiger partial charge in [0.25, 0.3) is 0 Å². The zero-order valence-electron chi connectivity index (χ0n) is 9.79. The standard InChI is InChI=1S/C10H10F3NO4/c1-5-6(16-2)4-14-7(9(15)17-3)8(5)18-10(11,12)13/h4H,1-3H3. The van der Waals surface area contributed by atoms with Gasteiger partial charge in [-0.25, -0.2) is 9.78 Å². The number of halogens is 3. The first kappa shape index (κ1) is 14.1. The molecule has 0 aliphatic heterocycles. The van der Waals surface area contributed by atoms with Crippen LogP contribution in [0.5, 0.6) is 11.5 Å². The molecule has 0 aliphatic rings. The van der Waals surface area contributed by atoms with Gasteiger partial charge >= 0.3 is 12.3 Å². The molecular weight excluding hydrogens is 255 g/mol. The molecule has 0 N–H and O–H groups in total. The first-order valence-corrected chi connectivity index (χ1v) is 4.67. The van der Waals surface area contributed by atoms with Crippen molar-refractivity contribution in [2.45, 2.75) is 13.3 Å². The molecule has 1 aromatic heterocycles. The van der Waals surface area contributed by atoms with E-state index in [0.717, 1.165) is 13.3 Å². The summed E-state index contributed by atoms with van der Waals surface area (Å²) in [5.74, 6) is -1.68. The number of rotatable bonds is 3. The monoisotopic (exact) mass is 265 g/mol. The third kappa shape index (κ3) is 3.02. The lowest BCUT2D eigenvalue weighted by Crippen LogP contribution is -2.21. The van der Waals surface area contributed by atoms with Crippen molar-refractivity contribution in [3.63, 3.8) is 0 Å². The minimum absolute atomic E-state index is 0.00484. The van der Waals surface area contributed by atoms with Crippen LogP contribution in [0.1, 0.15) is 16.1 Å². The Balaban J connectivity index is 3.35. The van der Waals surface area contributed by atoms with E-state index in [2.05, 4.69) is 14.5 Å². The Morgan fingerprint density at radius 3 is 2.39 bits per heavy atom. The predicted octanol–water partition coefficient (Wildman–Crippen LogP) is 2.08. The normalized spacial score (nSPS) is 11.0. The zero-order valence-corrected chi connectivity index (χ0v) is 9.79. The molecule has 1 aromatic rings. The Labute approximate surface area is 100 Å². The molecule has 1 rings (SSSR count). The molecule has 0 aliphatic carbocycles. The van der Waals surface area contributed by atoms with Crippen molar-refractivity contribution in [3.8, 4) is 11.5 Å².